The molecule has 1 aliphatic rings. The summed E-state index contributed by atoms with van der Waals surface area (Å²) in [6.45, 7) is 4.99. The van der Waals surface area contributed by atoms with Crippen molar-refractivity contribution in [2.45, 2.75) is 51.7 Å². The first-order valence-corrected chi connectivity index (χ1v) is 6.94. The predicted molar refractivity (Wildman–Crippen MR) is 68.0 cm³/mol. The molecule has 90 valence electrons. The lowest BCUT2D eigenvalue weighted by Gasteiger charge is -2.26. The van der Waals surface area contributed by atoms with Crippen LogP contribution in [-0.4, -0.2) is 22.7 Å². The Kier molecular flexibility index (Phi) is 3.82. The number of aliphatic hydroxyl groups excluding tert-OH is 1. The molecule has 1 aromatic heterocycles. The minimum Gasteiger partial charge on any atom is -0.388 e. The van der Waals surface area contributed by atoms with Crippen LogP contribution in [0.15, 0.2) is 6.20 Å². The molecular weight excluding hydrogens is 220 g/mol. The van der Waals surface area contributed by atoms with Gasteiger partial charge in [0.05, 0.1) is 11.0 Å². The number of hydrogen-bond donors (Lipinski definition) is 1. The van der Waals surface area contributed by atoms with Crippen molar-refractivity contribution in [1.29, 1.82) is 0 Å². The minimum absolute atomic E-state index is 0.395. The zero-order valence-corrected chi connectivity index (χ0v) is 10.8. The van der Waals surface area contributed by atoms with Crippen molar-refractivity contribution in [2.75, 3.05) is 11.4 Å². The molecule has 0 bridgehead atoms. The molecular formula is C12H20N2OS. The molecule has 16 heavy (non-hydrogen) atoms. The minimum atomic E-state index is -0.395. The van der Waals surface area contributed by atoms with Gasteiger partial charge in [-0.25, -0.2) is 4.98 Å². The van der Waals surface area contributed by atoms with Gasteiger partial charge < -0.3 is 10.0 Å². The van der Waals surface area contributed by atoms with E-state index in [0.717, 1.165) is 16.6 Å². The molecule has 1 unspecified atom stereocenters. The maximum Gasteiger partial charge on any atom is 0.185 e. The van der Waals surface area contributed by atoms with Gasteiger partial charge in [0.1, 0.15) is 0 Å². The third kappa shape index (κ3) is 2.38. The number of aromatic nitrogens is 1. The van der Waals surface area contributed by atoms with Crippen LogP contribution in [0.5, 0.6) is 0 Å². The molecule has 0 aromatic carbocycles. The number of rotatable bonds is 4. The fourth-order valence-electron chi connectivity index (χ4n) is 2.37. The maximum atomic E-state index is 9.51. The van der Waals surface area contributed by atoms with Gasteiger partial charge in [-0.05, 0) is 26.7 Å². The largest absolute Gasteiger partial charge is 0.388 e. The molecule has 1 fully saturated rings. The molecule has 1 heterocycles. The summed E-state index contributed by atoms with van der Waals surface area (Å²) in [5.74, 6) is 0. The molecule has 3 nitrogen and oxygen atoms in total. The number of thiazole rings is 1. The summed E-state index contributed by atoms with van der Waals surface area (Å²) in [6, 6.07) is 0.665. The van der Waals surface area contributed by atoms with Crippen molar-refractivity contribution in [3.63, 3.8) is 0 Å². The third-order valence-corrected chi connectivity index (χ3v) is 4.48. The third-order valence-electron chi connectivity index (χ3n) is 3.27. The van der Waals surface area contributed by atoms with E-state index in [0.29, 0.717) is 6.04 Å². The van der Waals surface area contributed by atoms with E-state index in [1.54, 1.807) is 18.3 Å². The van der Waals surface area contributed by atoms with Crippen molar-refractivity contribution in [3.05, 3.63) is 11.1 Å². The molecule has 1 N–H and O–H groups in total. The van der Waals surface area contributed by atoms with Crippen LogP contribution in [0.2, 0.25) is 0 Å². The van der Waals surface area contributed by atoms with Crippen molar-refractivity contribution < 1.29 is 5.11 Å². The fourth-order valence-corrected chi connectivity index (χ4v) is 3.36. The first-order valence-electron chi connectivity index (χ1n) is 6.12. The maximum absolute atomic E-state index is 9.51. The molecule has 4 heteroatoms. The smallest absolute Gasteiger partial charge is 0.185 e. The summed E-state index contributed by atoms with van der Waals surface area (Å²) in [4.78, 5) is 7.79. The van der Waals surface area contributed by atoms with Gasteiger partial charge in [0.15, 0.2) is 5.13 Å². The van der Waals surface area contributed by atoms with E-state index in [9.17, 15) is 5.11 Å². The van der Waals surface area contributed by atoms with E-state index < -0.39 is 6.10 Å². The van der Waals surface area contributed by atoms with Crippen LogP contribution in [0, 0.1) is 0 Å². The van der Waals surface area contributed by atoms with Gasteiger partial charge >= 0.3 is 0 Å². The summed E-state index contributed by atoms with van der Waals surface area (Å²) in [5.41, 5.74) is 0. The van der Waals surface area contributed by atoms with Crippen LogP contribution in [-0.2, 0) is 0 Å². The number of nitrogens with zero attached hydrogens (tertiary/aromatic N) is 2. The Bertz CT molecular complexity index is 332. The molecule has 1 atom stereocenters. The van der Waals surface area contributed by atoms with Gasteiger partial charge in [-0.1, -0.05) is 24.2 Å². The molecule has 0 saturated heterocycles. The SMILES string of the molecule is CCN(c1ncc(C(C)O)s1)C1CCCC1. The zero-order valence-electron chi connectivity index (χ0n) is 10.0. The Hall–Kier alpha value is -0.610. The Balaban J connectivity index is 2.12. The van der Waals surface area contributed by atoms with Crippen LogP contribution in [0.1, 0.15) is 50.5 Å². The molecule has 0 radical (unpaired) electrons. The number of anilines is 1. The zero-order chi connectivity index (χ0) is 11.5. The van der Waals surface area contributed by atoms with E-state index >= 15 is 0 Å². The highest BCUT2D eigenvalue weighted by molar-refractivity contribution is 7.15. The summed E-state index contributed by atoms with van der Waals surface area (Å²) in [5, 5.41) is 10.6. The van der Waals surface area contributed by atoms with Crippen molar-refractivity contribution >= 4 is 16.5 Å². The molecule has 0 amide bonds. The van der Waals surface area contributed by atoms with Gasteiger partial charge in [-0.3, -0.25) is 0 Å². The highest BCUT2D eigenvalue weighted by Crippen LogP contribution is 2.32. The molecule has 1 saturated carbocycles. The Morgan fingerprint density at radius 3 is 2.75 bits per heavy atom. The van der Waals surface area contributed by atoms with Gasteiger partial charge in [-0.2, -0.15) is 0 Å². The van der Waals surface area contributed by atoms with Gasteiger partial charge in [0.25, 0.3) is 0 Å². The summed E-state index contributed by atoms with van der Waals surface area (Å²) in [7, 11) is 0. The topological polar surface area (TPSA) is 36.4 Å². The van der Waals surface area contributed by atoms with Gasteiger partial charge in [0, 0.05) is 18.8 Å². The van der Waals surface area contributed by atoms with E-state index in [4.69, 9.17) is 0 Å². The number of hydrogen-bond acceptors (Lipinski definition) is 4. The van der Waals surface area contributed by atoms with Crippen LogP contribution < -0.4 is 4.90 Å². The molecule has 2 rings (SSSR count). The quantitative estimate of drug-likeness (QED) is 0.879. The predicted octanol–water partition coefficient (Wildman–Crippen LogP) is 2.97. The highest BCUT2D eigenvalue weighted by Gasteiger charge is 2.23. The first-order chi connectivity index (χ1) is 7.72. The second kappa shape index (κ2) is 5.15. The summed E-state index contributed by atoms with van der Waals surface area (Å²) >= 11 is 1.63. The Morgan fingerprint density at radius 2 is 2.25 bits per heavy atom. The average molecular weight is 240 g/mol. The monoisotopic (exact) mass is 240 g/mol. The molecule has 0 aliphatic heterocycles. The van der Waals surface area contributed by atoms with Crippen LogP contribution in [0.4, 0.5) is 5.13 Å². The first kappa shape index (κ1) is 11.9. The van der Waals surface area contributed by atoms with Crippen molar-refractivity contribution in [2.24, 2.45) is 0 Å². The lowest BCUT2D eigenvalue weighted by atomic mass is 10.2. The molecule has 0 spiro atoms. The van der Waals surface area contributed by atoms with Gasteiger partial charge in [-0.15, -0.1) is 0 Å². The number of aliphatic hydroxyl groups is 1. The van der Waals surface area contributed by atoms with Crippen molar-refractivity contribution in [1.82, 2.24) is 4.98 Å². The van der Waals surface area contributed by atoms with E-state index in [1.807, 2.05) is 6.20 Å². The second-order valence-corrected chi connectivity index (χ2v) is 5.49. The van der Waals surface area contributed by atoms with Crippen LogP contribution in [0.25, 0.3) is 0 Å². The van der Waals surface area contributed by atoms with Crippen LogP contribution in [0.3, 0.4) is 0 Å². The van der Waals surface area contributed by atoms with Crippen LogP contribution >= 0.6 is 11.3 Å². The second-order valence-electron chi connectivity index (χ2n) is 4.45. The normalized spacial score (nSPS) is 18.9. The Morgan fingerprint density at radius 1 is 1.56 bits per heavy atom. The van der Waals surface area contributed by atoms with E-state index in [-0.39, 0.29) is 0 Å². The van der Waals surface area contributed by atoms with Crippen molar-refractivity contribution in [3.8, 4) is 0 Å². The Labute approximate surface area is 101 Å². The molecule has 1 aliphatic carbocycles. The summed E-state index contributed by atoms with van der Waals surface area (Å²) in [6.07, 6.45) is 6.68. The average Bonchev–Trinajstić information content (AvgIpc) is 2.88. The van der Waals surface area contributed by atoms with Gasteiger partial charge in [0.2, 0.25) is 0 Å². The highest BCUT2D eigenvalue weighted by atomic mass is 32.1. The standard InChI is InChI=1S/C12H20N2OS/c1-3-14(10-6-4-5-7-10)12-13-8-11(16-12)9(2)15/h8-10,15H,3-7H2,1-2H3. The van der Waals surface area contributed by atoms with E-state index in [1.165, 1.54) is 25.7 Å². The summed E-state index contributed by atoms with van der Waals surface area (Å²) < 4.78 is 0. The lowest BCUT2D eigenvalue weighted by Crippen LogP contribution is -2.32. The van der Waals surface area contributed by atoms with E-state index in [2.05, 4.69) is 16.8 Å². The fraction of sp³-hybridized carbons (Fsp3) is 0.750. The lowest BCUT2D eigenvalue weighted by molar-refractivity contribution is 0.203. The molecule has 1 aromatic rings.